The second-order valence-electron chi connectivity index (χ2n) is 6.72. The zero-order chi connectivity index (χ0) is 18.6. The molecule has 0 spiro atoms. The van der Waals surface area contributed by atoms with Crippen LogP contribution in [0, 0.1) is 5.41 Å². The maximum atomic E-state index is 12.5. The van der Waals surface area contributed by atoms with E-state index in [0.717, 1.165) is 32.2 Å². The van der Waals surface area contributed by atoms with Gasteiger partial charge in [-0.1, -0.05) is 12.1 Å². The SMILES string of the molecule is COCC1(CNS(=O)(=O)c2ccc(CS(C)(=O)=O)cc2)CCNCC1. The summed E-state index contributed by atoms with van der Waals surface area (Å²) in [6, 6.07) is 5.94. The maximum Gasteiger partial charge on any atom is 0.240 e. The quantitative estimate of drug-likeness (QED) is 0.671. The molecule has 2 N–H and O–H groups in total. The van der Waals surface area contributed by atoms with Gasteiger partial charge in [-0.3, -0.25) is 0 Å². The molecule has 0 amide bonds. The van der Waals surface area contributed by atoms with Gasteiger partial charge in [0.15, 0.2) is 9.84 Å². The maximum absolute atomic E-state index is 12.5. The fourth-order valence-corrected chi connectivity index (χ4v) is 4.99. The summed E-state index contributed by atoms with van der Waals surface area (Å²) in [4.78, 5) is 0.131. The minimum atomic E-state index is -3.65. The van der Waals surface area contributed by atoms with Crippen LogP contribution in [0.15, 0.2) is 29.2 Å². The van der Waals surface area contributed by atoms with Crippen LogP contribution in [-0.2, 0) is 30.4 Å². The number of hydrogen-bond donors (Lipinski definition) is 2. The Labute approximate surface area is 150 Å². The molecule has 2 rings (SSSR count). The standard InChI is InChI=1S/C16H26N2O5S2/c1-23-13-16(7-9-17-10-8-16)12-18-25(21,22)15-5-3-14(4-6-15)11-24(2,19)20/h3-6,17-18H,7-13H2,1-2H3. The number of sulfonamides is 1. The molecule has 1 aliphatic heterocycles. The van der Waals surface area contributed by atoms with E-state index in [1.165, 1.54) is 24.3 Å². The number of nitrogens with one attached hydrogen (secondary N) is 2. The number of methoxy groups -OCH3 is 1. The summed E-state index contributed by atoms with van der Waals surface area (Å²) in [5.74, 6) is -0.106. The van der Waals surface area contributed by atoms with Crippen LogP contribution in [0.1, 0.15) is 18.4 Å². The Balaban J connectivity index is 2.07. The third-order valence-electron chi connectivity index (χ3n) is 4.41. The summed E-state index contributed by atoms with van der Waals surface area (Å²) in [6.07, 6.45) is 2.83. The van der Waals surface area contributed by atoms with Crippen LogP contribution in [0.2, 0.25) is 0 Å². The van der Waals surface area contributed by atoms with Gasteiger partial charge in [0.1, 0.15) is 0 Å². The molecule has 0 saturated carbocycles. The highest BCUT2D eigenvalue weighted by molar-refractivity contribution is 7.90. The Morgan fingerprint density at radius 3 is 2.24 bits per heavy atom. The van der Waals surface area contributed by atoms with Crippen molar-refractivity contribution < 1.29 is 21.6 Å². The predicted octanol–water partition coefficient (Wildman–Crippen LogP) is 0.526. The first-order valence-electron chi connectivity index (χ1n) is 8.12. The van der Waals surface area contributed by atoms with Crippen molar-refractivity contribution in [2.45, 2.75) is 23.5 Å². The number of sulfone groups is 1. The zero-order valence-corrected chi connectivity index (χ0v) is 16.2. The Morgan fingerprint density at radius 2 is 1.72 bits per heavy atom. The van der Waals surface area contributed by atoms with Gasteiger partial charge in [-0.25, -0.2) is 21.6 Å². The van der Waals surface area contributed by atoms with E-state index in [0.29, 0.717) is 18.7 Å². The van der Waals surface area contributed by atoms with E-state index in [2.05, 4.69) is 10.0 Å². The third-order valence-corrected chi connectivity index (χ3v) is 6.69. The average molecular weight is 391 g/mol. The molecule has 25 heavy (non-hydrogen) atoms. The first-order valence-corrected chi connectivity index (χ1v) is 11.7. The summed E-state index contributed by atoms with van der Waals surface area (Å²) in [6.45, 7) is 2.50. The molecule has 1 fully saturated rings. The topological polar surface area (TPSA) is 102 Å². The van der Waals surface area contributed by atoms with Crippen molar-refractivity contribution in [2.75, 3.05) is 39.6 Å². The summed E-state index contributed by atoms with van der Waals surface area (Å²) < 4.78 is 55.7. The van der Waals surface area contributed by atoms with Gasteiger partial charge in [-0.2, -0.15) is 0 Å². The van der Waals surface area contributed by atoms with Gasteiger partial charge in [0.05, 0.1) is 17.3 Å². The van der Waals surface area contributed by atoms with Crippen LogP contribution in [0.5, 0.6) is 0 Å². The van der Waals surface area contributed by atoms with E-state index in [-0.39, 0.29) is 16.1 Å². The molecular weight excluding hydrogens is 364 g/mol. The van der Waals surface area contributed by atoms with Crippen molar-refractivity contribution in [3.63, 3.8) is 0 Å². The van der Waals surface area contributed by atoms with Crippen molar-refractivity contribution in [2.24, 2.45) is 5.41 Å². The van der Waals surface area contributed by atoms with Crippen molar-refractivity contribution >= 4 is 19.9 Å². The van der Waals surface area contributed by atoms with Crippen LogP contribution in [-0.4, -0.2) is 56.4 Å². The van der Waals surface area contributed by atoms with E-state index in [4.69, 9.17) is 4.74 Å². The molecule has 0 bridgehead atoms. The minimum absolute atomic E-state index is 0.106. The first-order chi connectivity index (χ1) is 11.7. The number of piperidine rings is 1. The molecule has 1 saturated heterocycles. The van der Waals surface area contributed by atoms with Gasteiger partial charge in [0, 0.05) is 25.3 Å². The molecular formula is C16H26N2O5S2. The number of benzene rings is 1. The Hall–Kier alpha value is -1.00. The predicted molar refractivity (Wildman–Crippen MR) is 96.6 cm³/mol. The second kappa shape index (κ2) is 8.13. The highest BCUT2D eigenvalue weighted by atomic mass is 32.2. The molecule has 0 atom stereocenters. The highest BCUT2D eigenvalue weighted by Crippen LogP contribution is 2.29. The van der Waals surface area contributed by atoms with Gasteiger partial charge in [-0.05, 0) is 43.6 Å². The summed E-state index contributed by atoms with van der Waals surface area (Å²) >= 11 is 0. The lowest BCUT2D eigenvalue weighted by atomic mass is 9.80. The van der Waals surface area contributed by atoms with Crippen molar-refractivity contribution in [3.8, 4) is 0 Å². The van der Waals surface area contributed by atoms with Gasteiger partial charge in [0.2, 0.25) is 10.0 Å². The van der Waals surface area contributed by atoms with Gasteiger partial charge in [-0.15, -0.1) is 0 Å². The van der Waals surface area contributed by atoms with E-state index >= 15 is 0 Å². The molecule has 1 aliphatic rings. The smallest absolute Gasteiger partial charge is 0.240 e. The number of hydrogen-bond acceptors (Lipinski definition) is 6. The van der Waals surface area contributed by atoms with Crippen LogP contribution in [0.25, 0.3) is 0 Å². The lowest BCUT2D eigenvalue weighted by Crippen LogP contribution is -2.47. The Morgan fingerprint density at radius 1 is 1.12 bits per heavy atom. The van der Waals surface area contributed by atoms with E-state index in [1.807, 2.05) is 0 Å². The molecule has 0 aromatic heterocycles. The molecule has 142 valence electrons. The monoisotopic (exact) mass is 390 g/mol. The molecule has 1 aromatic carbocycles. The van der Waals surface area contributed by atoms with Crippen LogP contribution < -0.4 is 10.0 Å². The Bertz CT molecular complexity index is 762. The third kappa shape index (κ3) is 6.03. The Kier molecular flexibility index (Phi) is 6.61. The molecule has 7 nitrogen and oxygen atoms in total. The van der Waals surface area contributed by atoms with Crippen LogP contribution >= 0.6 is 0 Å². The van der Waals surface area contributed by atoms with Crippen molar-refractivity contribution in [3.05, 3.63) is 29.8 Å². The molecule has 0 unspecified atom stereocenters. The van der Waals surface area contributed by atoms with Crippen LogP contribution in [0.4, 0.5) is 0 Å². The lowest BCUT2D eigenvalue weighted by molar-refractivity contribution is 0.0577. The highest BCUT2D eigenvalue weighted by Gasteiger charge is 2.33. The average Bonchev–Trinajstić information content (AvgIpc) is 2.53. The molecule has 0 radical (unpaired) electrons. The normalized spacial score (nSPS) is 18.2. The number of rotatable bonds is 8. The summed E-state index contributed by atoms with van der Waals surface area (Å²) in [5, 5.41) is 3.27. The largest absolute Gasteiger partial charge is 0.384 e. The minimum Gasteiger partial charge on any atom is -0.384 e. The van der Waals surface area contributed by atoms with E-state index in [1.54, 1.807) is 7.11 Å². The molecule has 1 heterocycles. The van der Waals surface area contributed by atoms with E-state index in [9.17, 15) is 16.8 Å². The fraction of sp³-hybridized carbons (Fsp3) is 0.625. The molecule has 0 aliphatic carbocycles. The van der Waals surface area contributed by atoms with E-state index < -0.39 is 19.9 Å². The van der Waals surface area contributed by atoms with Gasteiger partial charge >= 0.3 is 0 Å². The first kappa shape index (κ1) is 20.3. The van der Waals surface area contributed by atoms with Gasteiger partial charge in [0.25, 0.3) is 0 Å². The summed E-state index contributed by atoms with van der Waals surface area (Å²) in [7, 11) is -5.18. The lowest BCUT2D eigenvalue weighted by Gasteiger charge is -2.37. The van der Waals surface area contributed by atoms with Crippen molar-refractivity contribution in [1.82, 2.24) is 10.0 Å². The van der Waals surface area contributed by atoms with Crippen LogP contribution in [0.3, 0.4) is 0 Å². The van der Waals surface area contributed by atoms with Gasteiger partial charge < -0.3 is 10.1 Å². The molecule has 1 aromatic rings. The van der Waals surface area contributed by atoms with Crippen molar-refractivity contribution in [1.29, 1.82) is 0 Å². The molecule has 9 heteroatoms. The zero-order valence-electron chi connectivity index (χ0n) is 14.6. The summed E-state index contributed by atoms with van der Waals surface area (Å²) in [5.41, 5.74) is 0.360. The fourth-order valence-electron chi connectivity index (χ4n) is 3.03. The number of ether oxygens (including phenoxy) is 1. The second-order valence-corrected chi connectivity index (χ2v) is 10.6.